The van der Waals surface area contributed by atoms with Crippen LogP contribution >= 0.6 is 11.3 Å². The van der Waals surface area contributed by atoms with Crippen molar-refractivity contribution >= 4 is 33.1 Å². The Bertz CT molecular complexity index is 990. The van der Waals surface area contributed by atoms with Crippen LogP contribution in [0, 0.1) is 13.8 Å². The minimum Gasteiger partial charge on any atom is -0.278 e. The van der Waals surface area contributed by atoms with Crippen LogP contribution in [0.2, 0.25) is 0 Å². The van der Waals surface area contributed by atoms with Crippen molar-refractivity contribution < 1.29 is 8.42 Å². The van der Waals surface area contributed by atoms with Crippen LogP contribution < -0.4 is 5.43 Å². The first-order chi connectivity index (χ1) is 11.9. The zero-order valence-electron chi connectivity index (χ0n) is 13.8. The van der Waals surface area contributed by atoms with Gasteiger partial charge in [-0.3, -0.25) is 5.43 Å². The Morgan fingerprint density at radius 2 is 1.60 bits per heavy atom. The van der Waals surface area contributed by atoms with E-state index in [1.165, 1.54) is 0 Å². The van der Waals surface area contributed by atoms with E-state index in [4.69, 9.17) is 0 Å². The minimum absolute atomic E-state index is 0.251. The van der Waals surface area contributed by atoms with Crippen molar-refractivity contribution in [3.8, 4) is 0 Å². The van der Waals surface area contributed by atoms with Gasteiger partial charge in [-0.25, -0.2) is 13.4 Å². The van der Waals surface area contributed by atoms with Crippen molar-refractivity contribution in [2.24, 2.45) is 5.10 Å². The molecule has 0 amide bonds. The number of aromatic nitrogens is 1. The van der Waals surface area contributed by atoms with E-state index < -0.39 is 9.84 Å². The van der Waals surface area contributed by atoms with Gasteiger partial charge in [0.2, 0.25) is 9.84 Å². The van der Waals surface area contributed by atoms with E-state index in [9.17, 15) is 8.42 Å². The molecule has 0 saturated heterocycles. The van der Waals surface area contributed by atoms with Crippen LogP contribution in [0.5, 0.6) is 0 Å². The first kappa shape index (κ1) is 17.3. The van der Waals surface area contributed by atoms with Crippen LogP contribution in [0.1, 0.15) is 16.3 Å². The molecule has 0 fully saturated rings. The molecule has 7 heteroatoms. The van der Waals surface area contributed by atoms with Gasteiger partial charge in [0, 0.05) is 5.38 Å². The Balaban J connectivity index is 1.73. The number of nitrogens with zero attached hydrogens (tertiary/aromatic N) is 2. The number of anilines is 1. The lowest BCUT2D eigenvalue weighted by Crippen LogP contribution is -2.02. The highest BCUT2D eigenvalue weighted by atomic mass is 32.2. The quantitative estimate of drug-likeness (QED) is 0.543. The largest absolute Gasteiger partial charge is 0.278 e. The summed E-state index contributed by atoms with van der Waals surface area (Å²) < 4.78 is 25.2. The molecule has 0 aliphatic rings. The van der Waals surface area contributed by atoms with Gasteiger partial charge >= 0.3 is 0 Å². The number of benzene rings is 2. The van der Waals surface area contributed by atoms with Gasteiger partial charge < -0.3 is 0 Å². The summed E-state index contributed by atoms with van der Waals surface area (Å²) in [6, 6.07) is 13.3. The van der Waals surface area contributed by atoms with Crippen molar-refractivity contribution in [1.82, 2.24) is 4.98 Å². The molecule has 0 aliphatic carbocycles. The van der Waals surface area contributed by atoms with E-state index in [1.54, 1.807) is 66.1 Å². The van der Waals surface area contributed by atoms with Gasteiger partial charge in [0.15, 0.2) is 0 Å². The molecule has 0 unspecified atom stereocenters. The number of aryl methyl sites for hydroxylation is 2. The van der Waals surface area contributed by atoms with E-state index in [1.807, 2.05) is 19.2 Å². The van der Waals surface area contributed by atoms with Crippen molar-refractivity contribution in [3.63, 3.8) is 0 Å². The molecule has 0 atom stereocenters. The predicted octanol–water partition coefficient (Wildman–Crippen LogP) is 4.04. The smallest absolute Gasteiger partial charge is 0.206 e. The lowest BCUT2D eigenvalue weighted by atomic mass is 10.2. The Hall–Kier alpha value is -2.51. The molecule has 0 radical (unpaired) electrons. The molecule has 0 spiro atoms. The number of sulfone groups is 1. The fourth-order valence-electron chi connectivity index (χ4n) is 2.17. The highest BCUT2D eigenvalue weighted by Crippen LogP contribution is 2.22. The number of rotatable bonds is 5. The summed E-state index contributed by atoms with van der Waals surface area (Å²) in [5.41, 5.74) is 5.37. The molecule has 3 rings (SSSR count). The lowest BCUT2D eigenvalue weighted by molar-refractivity contribution is 0.596. The molecule has 5 nitrogen and oxygen atoms in total. The van der Waals surface area contributed by atoms with Crippen LogP contribution in [-0.2, 0) is 9.84 Å². The maximum absolute atomic E-state index is 12.6. The van der Waals surface area contributed by atoms with Gasteiger partial charge in [-0.2, -0.15) is 5.10 Å². The van der Waals surface area contributed by atoms with Crippen molar-refractivity contribution in [3.05, 3.63) is 70.2 Å². The Morgan fingerprint density at radius 1 is 1.00 bits per heavy atom. The molecule has 25 heavy (non-hydrogen) atoms. The van der Waals surface area contributed by atoms with Crippen LogP contribution in [0.25, 0.3) is 0 Å². The Morgan fingerprint density at radius 3 is 2.16 bits per heavy atom. The van der Waals surface area contributed by atoms with E-state index in [2.05, 4.69) is 15.5 Å². The van der Waals surface area contributed by atoms with E-state index >= 15 is 0 Å². The highest BCUT2D eigenvalue weighted by Gasteiger charge is 2.16. The maximum Gasteiger partial charge on any atom is 0.206 e. The van der Waals surface area contributed by atoms with Gasteiger partial charge in [-0.05, 0) is 50.2 Å². The summed E-state index contributed by atoms with van der Waals surface area (Å²) in [5.74, 6) is 0. The number of thiazole rings is 1. The molecular formula is C18H17N3O2S2. The number of hydrogen-bond acceptors (Lipinski definition) is 6. The van der Waals surface area contributed by atoms with E-state index in [0.717, 1.165) is 16.3 Å². The normalized spacial score (nSPS) is 11.8. The Labute approximate surface area is 151 Å². The summed E-state index contributed by atoms with van der Waals surface area (Å²) in [4.78, 5) is 4.82. The first-order valence-corrected chi connectivity index (χ1v) is 9.94. The molecule has 2 aromatic carbocycles. The number of hydrogen-bond donors (Lipinski definition) is 1. The van der Waals surface area contributed by atoms with Crippen molar-refractivity contribution in [2.45, 2.75) is 23.6 Å². The van der Waals surface area contributed by atoms with Gasteiger partial charge in [0.25, 0.3) is 0 Å². The lowest BCUT2D eigenvalue weighted by Gasteiger charge is -2.06. The van der Waals surface area contributed by atoms with Gasteiger partial charge in [-0.15, -0.1) is 11.3 Å². The summed E-state index contributed by atoms with van der Waals surface area (Å²) >= 11 is 1.56. The minimum atomic E-state index is -3.51. The molecule has 1 aromatic heterocycles. The second kappa shape index (κ2) is 7.16. The third kappa shape index (κ3) is 4.12. The van der Waals surface area contributed by atoms with Crippen LogP contribution in [0.15, 0.2) is 68.8 Å². The summed E-state index contributed by atoms with van der Waals surface area (Å²) in [6.07, 6.45) is 1.63. The molecule has 3 aromatic rings. The van der Waals surface area contributed by atoms with Gasteiger partial charge in [0.1, 0.15) is 0 Å². The van der Waals surface area contributed by atoms with Gasteiger partial charge in [0.05, 0.1) is 32.4 Å². The van der Waals surface area contributed by atoms with Crippen molar-refractivity contribution in [2.75, 3.05) is 5.43 Å². The van der Waals surface area contributed by atoms with Gasteiger partial charge in [-0.1, -0.05) is 17.7 Å². The molecule has 0 saturated carbocycles. The molecule has 1 heterocycles. The fourth-order valence-corrected chi connectivity index (χ4v) is 4.00. The molecule has 0 bridgehead atoms. The zero-order chi connectivity index (χ0) is 17.9. The Kier molecular flexibility index (Phi) is 4.96. The summed E-state index contributed by atoms with van der Waals surface area (Å²) in [5, 5.41) is 7.00. The third-order valence-electron chi connectivity index (χ3n) is 3.52. The third-order valence-corrected chi connectivity index (χ3v) is 6.10. The van der Waals surface area contributed by atoms with Crippen LogP contribution in [0.3, 0.4) is 0 Å². The summed E-state index contributed by atoms with van der Waals surface area (Å²) in [6.45, 7) is 3.85. The SMILES string of the molecule is Cc1ccc(S(=O)(=O)c2ccc(N/N=C\c3csc(C)n3)cc2)cc1. The fraction of sp³-hybridized carbons (Fsp3) is 0.111. The molecular weight excluding hydrogens is 354 g/mol. The predicted molar refractivity (Wildman–Crippen MR) is 101 cm³/mol. The number of hydrazone groups is 1. The topological polar surface area (TPSA) is 71.4 Å². The molecule has 0 aliphatic heterocycles. The zero-order valence-corrected chi connectivity index (χ0v) is 15.4. The second-order valence-electron chi connectivity index (χ2n) is 5.50. The average molecular weight is 371 g/mol. The van der Waals surface area contributed by atoms with Crippen LogP contribution in [0.4, 0.5) is 5.69 Å². The number of nitrogens with one attached hydrogen (secondary N) is 1. The van der Waals surface area contributed by atoms with E-state index in [-0.39, 0.29) is 9.79 Å². The average Bonchev–Trinajstić information content (AvgIpc) is 3.01. The summed E-state index contributed by atoms with van der Waals surface area (Å²) in [7, 11) is -3.51. The standard InChI is InChI=1S/C18H17N3O2S2/c1-13-3-7-17(8-4-13)25(22,23)18-9-5-15(6-10-18)21-19-11-16-12-24-14(2)20-16/h3-12,21H,1-2H3/b19-11-. The monoisotopic (exact) mass is 371 g/mol. The van der Waals surface area contributed by atoms with Crippen LogP contribution in [-0.4, -0.2) is 19.6 Å². The van der Waals surface area contributed by atoms with Crippen molar-refractivity contribution in [1.29, 1.82) is 0 Å². The molecule has 1 N–H and O–H groups in total. The highest BCUT2D eigenvalue weighted by molar-refractivity contribution is 7.91. The molecule has 128 valence electrons. The van der Waals surface area contributed by atoms with E-state index in [0.29, 0.717) is 5.69 Å². The second-order valence-corrected chi connectivity index (χ2v) is 8.51. The maximum atomic E-state index is 12.6. The first-order valence-electron chi connectivity index (χ1n) is 7.58.